The number of anilines is 1. The highest BCUT2D eigenvalue weighted by molar-refractivity contribution is 9.10. The third-order valence-corrected chi connectivity index (χ3v) is 3.31. The van der Waals surface area contributed by atoms with E-state index in [1.807, 2.05) is 0 Å². The molecule has 0 spiro atoms. The van der Waals surface area contributed by atoms with Crippen molar-refractivity contribution in [1.29, 1.82) is 0 Å². The molecule has 1 saturated carbocycles. The van der Waals surface area contributed by atoms with Crippen molar-refractivity contribution in [2.45, 2.75) is 18.9 Å². The predicted octanol–water partition coefficient (Wildman–Crippen LogP) is 2.36. The Morgan fingerprint density at radius 3 is 2.62 bits per heavy atom. The quantitative estimate of drug-likeness (QED) is 0.929. The van der Waals surface area contributed by atoms with Crippen molar-refractivity contribution in [3.05, 3.63) is 22.7 Å². The zero-order chi connectivity index (χ0) is 11.8. The highest BCUT2D eigenvalue weighted by Gasteiger charge is 2.23. The van der Waals surface area contributed by atoms with Gasteiger partial charge in [0.2, 0.25) is 10.0 Å². The van der Waals surface area contributed by atoms with Gasteiger partial charge in [0, 0.05) is 4.47 Å². The lowest BCUT2D eigenvalue weighted by Gasteiger charge is -2.09. The summed E-state index contributed by atoms with van der Waals surface area (Å²) in [6.07, 6.45) is 3.65. The maximum Gasteiger partial charge on any atom is 0.229 e. The Balaban J connectivity index is 2.15. The van der Waals surface area contributed by atoms with Crippen LogP contribution in [0.15, 0.2) is 22.7 Å². The maximum atomic E-state index is 11.1. The molecule has 0 unspecified atom stereocenters. The van der Waals surface area contributed by atoms with Gasteiger partial charge in [-0.3, -0.25) is 4.72 Å². The zero-order valence-corrected chi connectivity index (χ0v) is 11.1. The lowest BCUT2D eigenvalue weighted by atomic mass is 10.3. The number of hydrogen-bond donors (Lipinski definition) is 1. The molecule has 88 valence electrons. The molecule has 0 aromatic heterocycles. The Hall–Kier alpha value is -0.750. The number of rotatable bonds is 4. The van der Waals surface area contributed by atoms with Crippen molar-refractivity contribution < 1.29 is 13.2 Å². The highest BCUT2D eigenvalue weighted by Crippen LogP contribution is 2.32. The summed E-state index contributed by atoms with van der Waals surface area (Å²) in [5.41, 5.74) is 0.519. The first kappa shape index (κ1) is 11.7. The van der Waals surface area contributed by atoms with Crippen LogP contribution in [0.5, 0.6) is 5.75 Å². The van der Waals surface area contributed by atoms with E-state index in [0.717, 1.165) is 24.8 Å². The molecule has 1 aliphatic rings. The standard InChI is InChI=1S/C10H12BrNO3S/c1-16(13,14)12-10-5-4-8(6-9(10)11)15-7-2-3-7/h4-7,12H,2-3H2,1H3. The third kappa shape index (κ3) is 3.38. The van der Waals surface area contributed by atoms with Crippen LogP contribution in [-0.4, -0.2) is 20.8 Å². The minimum absolute atomic E-state index is 0.334. The molecule has 4 nitrogen and oxygen atoms in total. The van der Waals surface area contributed by atoms with E-state index in [1.165, 1.54) is 0 Å². The largest absolute Gasteiger partial charge is 0.490 e. The van der Waals surface area contributed by atoms with Gasteiger partial charge in [0.15, 0.2) is 0 Å². The molecule has 6 heteroatoms. The second kappa shape index (κ2) is 4.25. The molecular weight excluding hydrogens is 294 g/mol. The maximum absolute atomic E-state index is 11.1. The Kier molecular flexibility index (Phi) is 3.12. The topological polar surface area (TPSA) is 55.4 Å². The van der Waals surface area contributed by atoms with Crippen molar-refractivity contribution in [3.63, 3.8) is 0 Å². The van der Waals surface area contributed by atoms with Gasteiger partial charge in [-0.2, -0.15) is 0 Å². The van der Waals surface area contributed by atoms with E-state index in [9.17, 15) is 8.42 Å². The summed E-state index contributed by atoms with van der Waals surface area (Å²) in [5.74, 6) is 0.758. The molecule has 0 aliphatic heterocycles. The molecule has 0 saturated heterocycles. The summed E-state index contributed by atoms with van der Waals surface area (Å²) >= 11 is 3.30. The molecule has 1 fully saturated rings. The number of nitrogens with one attached hydrogen (secondary N) is 1. The second-order valence-electron chi connectivity index (χ2n) is 3.83. The van der Waals surface area contributed by atoms with Crippen molar-refractivity contribution in [1.82, 2.24) is 0 Å². The van der Waals surface area contributed by atoms with Crippen LogP contribution in [0.25, 0.3) is 0 Å². The summed E-state index contributed by atoms with van der Waals surface area (Å²) in [6, 6.07) is 5.21. The highest BCUT2D eigenvalue weighted by atomic mass is 79.9. The first-order chi connectivity index (χ1) is 7.44. The summed E-state index contributed by atoms with van der Waals surface area (Å²) < 4.78 is 30.8. The van der Waals surface area contributed by atoms with Gasteiger partial charge in [0.05, 0.1) is 18.0 Å². The minimum Gasteiger partial charge on any atom is -0.490 e. The number of hydrogen-bond acceptors (Lipinski definition) is 3. The first-order valence-electron chi connectivity index (χ1n) is 4.88. The monoisotopic (exact) mass is 305 g/mol. The van der Waals surface area contributed by atoms with Crippen LogP contribution in [-0.2, 0) is 10.0 Å². The van der Waals surface area contributed by atoms with Crippen LogP contribution >= 0.6 is 15.9 Å². The molecule has 0 radical (unpaired) electrons. The summed E-state index contributed by atoms with van der Waals surface area (Å²) in [5, 5.41) is 0. The molecular formula is C10H12BrNO3S. The SMILES string of the molecule is CS(=O)(=O)Nc1ccc(OC2CC2)cc1Br. The molecule has 1 aliphatic carbocycles. The van der Waals surface area contributed by atoms with Gasteiger partial charge in [-0.15, -0.1) is 0 Å². The smallest absolute Gasteiger partial charge is 0.229 e. The van der Waals surface area contributed by atoms with Crippen molar-refractivity contribution in [2.75, 3.05) is 11.0 Å². The van der Waals surface area contributed by atoms with Gasteiger partial charge in [0.25, 0.3) is 0 Å². The number of sulfonamides is 1. The third-order valence-electron chi connectivity index (χ3n) is 2.06. The van der Waals surface area contributed by atoms with E-state index in [4.69, 9.17) is 4.74 Å². The predicted molar refractivity (Wildman–Crippen MR) is 66.3 cm³/mol. The van der Waals surface area contributed by atoms with E-state index >= 15 is 0 Å². The van der Waals surface area contributed by atoms with Gasteiger partial charge in [-0.05, 0) is 47.0 Å². The Bertz CT molecular complexity index is 497. The van der Waals surface area contributed by atoms with E-state index in [0.29, 0.717) is 16.3 Å². The molecule has 0 heterocycles. The number of ether oxygens (including phenoxy) is 1. The molecule has 1 aromatic carbocycles. The Morgan fingerprint density at radius 2 is 2.12 bits per heavy atom. The summed E-state index contributed by atoms with van der Waals surface area (Å²) in [7, 11) is -3.24. The average Bonchev–Trinajstić information content (AvgIpc) is 2.92. The molecule has 0 atom stereocenters. The number of halogens is 1. The fraction of sp³-hybridized carbons (Fsp3) is 0.400. The van der Waals surface area contributed by atoms with Gasteiger partial charge < -0.3 is 4.74 Å². The summed E-state index contributed by atoms with van der Waals surface area (Å²) in [6.45, 7) is 0. The summed E-state index contributed by atoms with van der Waals surface area (Å²) in [4.78, 5) is 0. The minimum atomic E-state index is -3.24. The van der Waals surface area contributed by atoms with E-state index < -0.39 is 10.0 Å². The Labute approximate surface area is 103 Å². The van der Waals surface area contributed by atoms with Gasteiger partial charge in [-0.25, -0.2) is 8.42 Å². The average molecular weight is 306 g/mol. The Morgan fingerprint density at radius 1 is 1.44 bits per heavy atom. The van der Waals surface area contributed by atoms with Crippen LogP contribution in [0.2, 0.25) is 0 Å². The van der Waals surface area contributed by atoms with Crippen LogP contribution < -0.4 is 9.46 Å². The lowest BCUT2D eigenvalue weighted by Crippen LogP contribution is -2.10. The van der Waals surface area contributed by atoms with Gasteiger partial charge >= 0.3 is 0 Å². The van der Waals surface area contributed by atoms with Crippen LogP contribution in [0.4, 0.5) is 5.69 Å². The number of benzene rings is 1. The molecule has 1 aromatic rings. The van der Waals surface area contributed by atoms with Crippen molar-refractivity contribution in [2.24, 2.45) is 0 Å². The van der Waals surface area contributed by atoms with Crippen molar-refractivity contribution >= 4 is 31.6 Å². The van der Waals surface area contributed by atoms with Crippen molar-refractivity contribution in [3.8, 4) is 5.75 Å². The van der Waals surface area contributed by atoms with Gasteiger partial charge in [-0.1, -0.05) is 0 Å². The van der Waals surface area contributed by atoms with E-state index in [1.54, 1.807) is 18.2 Å². The molecule has 0 bridgehead atoms. The normalized spacial score (nSPS) is 15.9. The molecule has 16 heavy (non-hydrogen) atoms. The molecule has 0 amide bonds. The van der Waals surface area contributed by atoms with E-state index in [-0.39, 0.29) is 0 Å². The fourth-order valence-corrected chi connectivity index (χ4v) is 2.40. The second-order valence-corrected chi connectivity index (χ2v) is 6.44. The fourth-order valence-electron chi connectivity index (χ4n) is 1.23. The van der Waals surface area contributed by atoms with Crippen LogP contribution in [0.3, 0.4) is 0 Å². The van der Waals surface area contributed by atoms with Crippen LogP contribution in [0, 0.1) is 0 Å². The lowest BCUT2D eigenvalue weighted by molar-refractivity contribution is 0.303. The zero-order valence-electron chi connectivity index (χ0n) is 8.73. The van der Waals surface area contributed by atoms with Crippen LogP contribution in [0.1, 0.15) is 12.8 Å². The van der Waals surface area contributed by atoms with Gasteiger partial charge in [0.1, 0.15) is 5.75 Å². The first-order valence-corrected chi connectivity index (χ1v) is 7.56. The molecule has 1 N–H and O–H groups in total. The van der Waals surface area contributed by atoms with E-state index in [2.05, 4.69) is 20.7 Å². The molecule has 2 rings (SSSR count).